The van der Waals surface area contributed by atoms with Gasteiger partial charge in [0.25, 0.3) is 0 Å². The van der Waals surface area contributed by atoms with E-state index in [0.29, 0.717) is 4.47 Å². The van der Waals surface area contributed by atoms with Crippen LogP contribution in [0.3, 0.4) is 0 Å². The van der Waals surface area contributed by atoms with Gasteiger partial charge < -0.3 is 9.84 Å². The third-order valence-electron chi connectivity index (χ3n) is 2.20. The fourth-order valence-corrected chi connectivity index (χ4v) is 1.78. The number of benzene rings is 2. The average molecular weight is 311 g/mol. The molecule has 0 heterocycles. The summed E-state index contributed by atoms with van der Waals surface area (Å²) in [5.74, 6) is -1.14. The van der Waals surface area contributed by atoms with Gasteiger partial charge in [-0.25, -0.2) is 9.18 Å². The summed E-state index contributed by atoms with van der Waals surface area (Å²) in [6.45, 7) is 0. The molecule has 0 fully saturated rings. The van der Waals surface area contributed by atoms with Gasteiger partial charge in [-0.15, -0.1) is 0 Å². The Kier molecular flexibility index (Phi) is 3.62. The lowest BCUT2D eigenvalue weighted by Gasteiger charge is -2.09. The van der Waals surface area contributed by atoms with Crippen molar-refractivity contribution in [3.63, 3.8) is 0 Å². The molecule has 0 aliphatic heterocycles. The molecule has 0 saturated carbocycles. The topological polar surface area (TPSA) is 46.5 Å². The zero-order valence-electron chi connectivity index (χ0n) is 9.06. The standard InChI is InChI=1S/C13H8BrFO3/c14-8-4-5-12(11(6-8)13(16)17)18-10-3-1-2-9(15)7-10/h1-7H,(H,16,17). The lowest BCUT2D eigenvalue weighted by Crippen LogP contribution is -2.00. The number of hydrogen-bond donors (Lipinski definition) is 1. The normalized spacial score (nSPS) is 10.1. The minimum Gasteiger partial charge on any atom is -0.478 e. The second-order valence-corrected chi connectivity index (χ2v) is 4.42. The molecule has 0 spiro atoms. The maximum Gasteiger partial charge on any atom is 0.339 e. The van der Waals surface area contributed by atoms with E-state index in [1.165, 1.54) is 30.3 Å². The molecular weight excluding hydrogens is 303 g/mol. The Bertz CT molecular complexity index is 599. The molecule has 92 valence electrons. The van der Waals surface area contributed by atoms with Crippen LogP contribution in [-0.2, 0) is 0 Å². The molecule has 0 bridgehead atoms. The van der Waals surface area contributed by atoms with Crippen LogP contribution in [0.4, 0.5) is 4.39 Å². The third-order valence-corrected chi connectivity index (χ3v) is 2.69. The molecule has 18 heavy (non-hydrogen) atoms. The Morgan fingerprint density at radius 2 is 2.00 bits per heavy atom. The van der Waals surface area contributed by atoms with E-state index in [-0.39, 0.29) is 17.1 Å². The molecule has 2 aromatic rings. The van der Waals surface area contributed by atoms with Gasteiger partial charge in [0.15, 0.2) is 0 Å². The molecule has 0 aliphatic rings. The lowest BCUT2D eigenvalue weighted by atomic mass is 10.2. The number of halogens is 2. The lowest BCUT2D eigenvalue weighted by molar-refractivity contribution is 0.0694. The van der Waals surface area contributed by atoms with Gasteiger partial charge in [0.2, 0.25) is 0 Å². The highest BCUT2D eigenvalue weighted by atomic mass is 79.9. The summed E-state index contributed by atoms with van der Waals surface area (Å²) < 4.78 is 19.0. The first kappa shape index (κ1) is 12.6. The quantitative estimate of drug-likeness (QED) is 0.929. The van der Waals surface area contributed by atoms with Gasteiger partial charge >= 0.3 is 5.97 Å². The fourth-order valence-electron chi connectivity index (χ4n) is 1.42. The molecule has 1 N–H and O–H groups in total. The van der Waals surface area contributed by atoms with Crippen LogP contribution in [0.1, 0.15) is 10.4 Å². The summed E-state index contributed by atoms with van der Waals surface area (Å²) >= 11 is 3.18. The highest BCUT2D eigenvalue weighted by molar-refractivity contribution is 9.10. The van der Waals surface area contributed by atoms with Crippen LogP contribution in [-0.4, -0.2) is 11.1 Å². The molecule has 5 heteroatoms. The third kappa shape index (κ3) is 2.87. The number of carboxylic acids is 1. The zero-order chi connectivity index (χ0) is 13.1. The van der Waals surface area contributed by atoms with Crippen molar-refractivity contribution in [3.8, 4) is 11.5 Å². The molecule has 0 aliphatic carbocycles. The highest BCUT2D eigenvalue weighted by Gasteiger charge is 2.12. The van der Waals surface area contributed by atoms with Gasteiger partial charge in [0.05, 0.1) is 0 Å². The van der Waals surface area contributed by atoms with Crippen LogP contribution in [0.15, 0.2) is 46.9 Å². The second-order valence-electron chi connectivity index (χ2n) is 3.51. The van der Waals surface area contributed by atoms with Crippen LogP contribution in [0.25, 0.3) is 0 Å². The maximum absolute atomic E-state index is 13.0. The summed E-state index contributed by atoms with van der Waals surface area (Å²) in [5.41, 5.74) is 0.00800. The van der Waals surface area contributed by atoms with Gasteiger partial charge in [-0.05, 0) is 30.3 Å². The maximum atomic E-state index is 13.0. The van der Waals surface area contributed by atoms with E-state index in [4.69, 9.17) is 9.84 Å². The molecule has 0 atom stereocenters. The highest BCUT2D eigenvalue weighted by Crippen LogP contribution is 2.28. The predicted octanol–water partition coefficient (Wildman–Crippen LogP) is 4.08. The van der Waals surface area contributed by atoms with E-state index in [1.54, 1.807) is 12.1 Å². The first-order chi connectivity index (χ1) is 8.56. The van der Waals surface area contributed by atoms with Crippen LogP contribution in [0.5, 0.6) is 11.5 Å². The van der Waals surface area contributed by atoms with Gasteiger partial charge in [-0.3, -0.25) is 0 Å². The summed E-state index contributed by atoms with van der Waals surface area (Å²) in [5, 5.41) is 9.05. The van der Waals surface area contributed by atoms with Gasteiger partial charge in [0, 0.05) is 10.5 Å². The smallest absolute Gasteiger partial charge is 0.339 e. The first-order valence-electron chi connectivity index (χ1n) is 5.02. The summed E-state index contributed by atoms with van der Waals surface area (Å²) in [6, 6.07) is 10.1. The Morgan fingerprint density at radius 1 is 1.22 bits per heavy atom. The van der Waals surface area contributed by atoms with E-state index in [0.717, 1.165) is 0 Å². The van der Waals surface area contributed by atoms with Gasteiger partial charge in [0.1, 0.15) is 22.9 Å². The molecule has 0 unspecified atom stereocenters. The zero-order valence-corrected chi connectivity index (χ0v) is 10.6. The minimum atomic E-state index is -1.11. The first-order valence-corrected chi connectivity index (χ1v) is 5.82. The van der Waals surface area contributed by atoms with Crippen LogP contribution < -0.4 is 4.74 Å². The number of carbonyl (C=O) groups is 1. The molecule has 0 radical (unpaired) electrons. The molecular formula is C13H8BrFO3. The monoisotopic (exact) mass is 310 g/mol. The van der Waals surface area contributed by atoms with Gasteiger partial charge in [-0.1, -0.05) is 22.0 Å². The number of hydrogen-bond acceptors (Lipinski definition) is 2. The predicted molar refractivity (Wildman–Crippen MR) is 67.6 cm³/mol. The Morgan fingerprint density at radius 3 is 2.67 bits per heavy atom. The van der Waals surface area contributed by atoms with Crippen molar-refractivity contribution >= 4 is 21.9 Å². The number of carboxylic acid groups (broad SMARTS) is 1. The van der Waals surface area contributed by atoms with E-state index < -0.39 is 11.8 Å². The molecule has 2 rings (SSSR count). The van der Waals surface area contributed by atoms with E-state index in [1.807, 2.05) is 0 Å². The Balaban J connectivity index is 2.37. The number of aromatic carboxylic acids is 1. The largest absolute Gasteiger partial charge is 0.478 e. The van der Waals surface area contributed by atoms with Crippen molar-refractivity contribution in [1.82, 2.24) is 0 Å². The van der Waals surface area contributed by atoms with Crippen LogP contribution >= 0.6 is 15.9 Å². The molecule has 0 saturated heterocycles. The van der Waals surface area contributed by atoms with E-state index in [9.17, 15) is 9.18 Å². The second kappa shape index (κ2) is 5.18. The SMILES string of the molecule is O=C(O)c1cc(Br)ccc1Oc1cccc(F)c1. The molecule has 2 aromatic carbocycles. The van der Waals surface area contributed by atoms with Crippen molar-refractivity contribution in [1.29, 1.82) is 0 Å². The van der Waals surface area contributed by atoms with Crippen molar-refractivity contribution in [2.75, 3.05) is 0 Å². The molecule has 0 amide bonds. The summed E-state index contributed by atoms with van der Waals surface area (Å²) in [4.78, 5) is 11.1. The summed E-state index contributed by atoms with van der Waals surface area (Å²) in [7, 11) is 0. The van der Waals surface area contributed by atoms with Crippen molar-refractivity contribution < 1.29 is 19.0 Å². The average Bonchev–Trinajstić information content (AvgIpc) is 2.31. The van der Waals surface area contributed by atoms with Crippen LogP contribution in [0.2, 0.25) is 0 Å². The van der Waals surface area contributed by atoms with Crippen molar-refractivity contribution in [2.24, 2.45) is 0 Å². The Hall–Kier alpha value is -1.88. The minimum absolute atomic E-state index is 0.00800. The number of ether oxygens (including phenoxy) is 1. The van der Waals surface area contributed by atoms with E-state index >= 15 is 0 Å². The van der Waals surface area contributed by atoms with Gasteiger partial charge in [-0.2, -0.15) is 0 Å². The summed E-state index contributed by atoms with van der Waals surface area (Å²) in [6.07, 6.45) is 0. The van der Waals surface area contributed by atoms with Crippen molar-refractivity contribution in [2.45, 2.75) is 0 Å². The number of rotatable bonds is 3. The van der Waals surface area contributed by atoms with E-state index in [2.05, 4.69) is 15.9 Å². The van der Waals surface area contributed by atoms with Crippen LogP contribution in [0, 0.1) is 5.82 Å². The molecule has 0 aromatic heterocycles. The van der Waals surface area contributed by atoms with Crippen molar-refractivity contribution in [3.05, 3.63) is 58.3 Å². The fraction of sp³-hybridized carbons (Fsp3) is 0. The Labute approximate surface area is 111 Å². The molecule has 3 nitrogen and oxygen atoms in total.